The Morgan fingerprint density at radius 2 is 1.77 bits per heavy atom. The van der Waals surface area contributed by atoms with Crippen LogP contribution in [0.5, 0.6) is 0 Å². The minimum atomic E-state index is 0.0197. The molecule has 1 aliphatic heterocycles. The van der Waals surface area contributed by atoms with Crippen LogP contribution in [0.2, 0.25) is 0 Å². The van der Waals surface area contributed by atoms with Gasteiger partial charge in [0.1, 0.15) is 11.2 Å². The first kappa shape index (κ1) is 18.8. The van der Waals surface area contributed by atoms with Crippen LogP contribution in [0.4, 0.5) is 0 Å². The molecule has 6 nitrogen and oxygen atoms in total. The van der Waals surface area contributed by atoms with Gasteiger partial charge in [-0.1, -0.05) is 54.6 Å². The minimum absolute atomic E-state index is 0.0197. The van der Waals surface area contributed by atoms with Crippen molar-refractivity contribution in [3.63, 3.8) is 0 Å². The molecule has 1 aliphatic rings. The molecule has 0 saturated carbocycles. The quantitative estimate of drug-likeness (QED) is 0.523. The maximum absolute atomic E-state index is 13.0. The minimum Gasteiger partial charge on any atom is -0.294 e. The highest BCUT2D eigenvalue weighted by atomic mass is 16.1. The van der Waals surface area contributed by atoms with E-state index in [9.17, 15) is 4.79 Å². The van der Waals surface area contributed by atoms with E-state index < -0.39 is 0 Å². The Morgan fingerprint density at radius 1 is 1.00 bits per heavy atom. The summed E-state index contributed by atoms with van der Waals surface area (Å²) in [7, 11) is 0. The molecule has 0 N–H and O–H groups in total. The standard InChI is InChI=1S/C24H25N5O/c1-17(2)29-23-21(14-25-29)24(30)28-13-12-27(16-22(28)26-23)15-19-10-6-7-11-20(19)18-8-4-3-5-9-18/h3-11,14,17H,12-13,15-16H2,1-2H3. The number of benzene rings is 2. The summed E-state index contributed by atoms with van der Waals surface area (Å²) in [6.07, 6.45) is 1.65. The second-order valence-electron chi connectivity index (χ2n) is 8.14. The molecule has 2 aromatic carbocycles. The summed E-state index contributed by atoms with van der Waals surface area (Å²) in [5, 5.41) is 4.99. The average Bonchev–Trinajstić information content (AvgIpc) is 3.19. The van der Waals surface area contributed by atoms with Crippen LogP contribution in [0.3, 0.4) is 0 Å². The van der Waals surface area contributed by atoms with Crippen molar-refractivity contribution in [3.05, 3.63) is 82.5 Å². The largest absolute Gasteiger partial charge is 0.294 e. The zero-order chi connectivity index (χ0) is 20.7. The van der Waals surface area contributed by atoms with Gasteiger partial charge >= 0.3 is 0 Å². The summed E-state index contributed by atoms with van der Waals surface area (Å²) in [6, 6.07) is 19.2. The normalized spacial score (nSPS) is 14.4. The Hall–Kier alpha value is -3.25. The highest BCUT2D eigenvalue weighted by Crippen LogP contribution is 2.26. The lowest BCUT2D eigenvalue weighted by atomic mass is 9.99. The first-order valence-electron chi connectivity index (χ1n) is 10.4. The Labute approximate surface area is 175 Å². The number of fused-ring (bicyclic) bond motifs is 2. The molecule has 152 valence electrons. The molecular weight excluding hydrogens is 374 g/mol. The van der Waals surface area contributed by atoms with Crippen molar-refractivity contribution in [1.29, 1.82) is 0 Å². The Morgan fingerprint density at radius 3 is 2.57 bits per heavy atom. The van der Waals surface area contributed by atoms with Crippen LogP contribution < -0.4 is 5.56 Å². The van der Waals surface area contributed by atoms with Crippen LogP contribution >= 0.6 is 0 Å². The summed E-state index contributed by atoms with van der Waals surface area (Å²) < 4.78 is 3.65. The summed E-state index contributed by atoms with van der Waals surface area (Å²) in [5.74, 6) is 0.818. The molecule has 0 saturated heterocycles. The zero-order valence-corrected chi connectivity index (χ0v) is 17.3. The molecule has 5 rings (SSSR count). The number of nitrogens with zero attached hydrogens (tertiary/aromatic N) is 5. The maximum Gasteiger partial charge on any atom is 0.264 e. The molecule has 4 aromatic rings. The van der Waals surface area contributed by atoms with Crippen molar-refractivity contribution in [2.75, 3.05) is 6.54 Å². The first-order chi connectivity index (χ1) is 14.6. The molecule has 0 unspecified atom stereocenters. The topological polar surface area (TPSA) is 56.0 Å². The van der Waals surface area contributed by atoms with Crippen LogP contribution in [0.25, 0.3) is 22.2 Å². The van der Waals surface area contributed by atoms with Crippen molar-refractivity contribution in [1.82, 2.24) is 24.2 Å². The van der Waals surface area contributed by atoms with E-state index in [0.29, 0.717) is 24.1 Å². The lowest BCUT2D eigenvalue weighted by Crippen LogP contribution is -2.39. The Bertz CT molecular complexity index is 1260. The lowest BCUT2D eigenvalue weighted by molar-refractivity contribution is 0.204. The molecule has 0 amide bonds. The summed E-state index contributed by atoms with van der Waals surface area (Å²) in [5.41, 5.74) is 4.47. The molecular formula is C24H25N5O. The molecule has 0 bridgehead atoms. The van der Waals surface area contributed by atoms with Gasteiger partial charge in [-0.15, -0.1) is 0 Å². The number of rotatable bonds is 4. The maximum atomic E-state index is 13.0. The van der Waals surface area contributed by atoms with Gasteiger partial charge in [0.15, 0.2) is 5.65 Å². The van der Waals surface area contributed by atoms with E-state index in [0.717, 1.165) is 18.9 Å². The fraction of sp³-hybridized carbons (Fsp3) is 0.292. The van der Waals surface area contributed by atoms with Gasteiger partial charge in [-0.3, -0.25) is 14.3 Å². The van der Waals surface area contributed by atoms with Crippen LogP contribution in [0.1, 0.15) is 31.3 Å². The van der Waals surface area contributed by atoms with E-state index in [2.05, 4.69) is 72.4 Å². The smallest absolute Gasteiger partial charge is 0.264 e. The molecule has 3 heterocycles. The van der Waals surface area contributed by atoms with E-state index in [4.69, 9.17) is 4.98 Å². The van der Waals surface area contributed by atoms with Gasteiger partial charge < -0.3 is 0 Å². The third kappa shape index (κ3) is 3.23. The van der Waals surface area contributed by atoms with Crippen LogP contribution in [-0.2, 0) is 19.6 Å². The second-order valence-corrected chi connectivity index (χ2v) is 8.14. The molecule has 30 heavy (non-hydrogen) atoms. The molecule has 2 aromatic heterocycles. The highest BCUT2D eigenvalue weighted by Gasteiger charge is 2.23. The third-order valence-electron chi connectivity index (χ3n) is 5.78. The number of hydrogen-bond acceptors (Lipinski definition) is 4. The fourth-order valence-corrected chi connectivity index (χ4v) is 4.25. The van der Waals surface area contributed by atoms with Crippen LogP contribution in [0, 0.1) is 0 Å². The number of aromatic nitrogens is 4. The SMILES string of the molecule is CC(C)n1ncc2c(=O)n3c(nc21)CN(Cc1ccccc1-c1ccccc1)CC3. The van der Waals surface area contributed by atoms with Crippen molar-refractivity contribution < 1.29 is 0 Å². The van der Waals surface area contributed by atoms with E-state index in [1.807, 2.05) is 15.3 Å². The van der Waals surface area contributed by atoms with E-state index >= 15 is 0 Å². The lowest BCUT2D eigenvalue weighted by Gasteiger charge is -2.29. The molecule has 0 radical (unpaired) electrons. The van der Waals surface area contributed by atoms with Crippen molar-refractivity contribution in [3.8, 4) is 11.1 Å². The van der Waals surface area contributed by atoms with Crippen molar-refractivity contribution in [2.24, 2.45) is 0 Å². The Kier molecular flexibility index (Phi) is 4.71. The summed E-state index contributed by atoms with van der Waals surface area (Å²) in [4.78, 5) is 20.2. The van der Waals surface area contributed by atoms with Gasteiger partial charge in [-0.2, -0.15) is 5.10 Å². The first-order valence-corrected chi connectivity index (χ1v) is 10.4. The van der Waals surface area contributed by atoms with Crippen molar-refractivity contribution >= 4 is 11.0 Å². The van der Waals surface area contributed by atoms with E-state index in [-0.39, 0.29) is 11.6 Å². The molecule has 0 fully saturated rings. The second kappa shape index (κ2) is 7.54. The molecule has 0 spiro atoms. The molecule has 0 atom stereocenters. The van der Waals surface area contributed by atoms with Gasteiger partial charge in [0, 0.05) is 25.7 Å². The van der Waals surface area contributed by atoms with Gasteiger partial charge in [0.25, 0.3) is 5.56 Å². The van der Waals surface area contributed by atoms with E-state index in [1.54, 1.807) is 6.20 Å². The van der Waals surface area contributed by atoms with Gasteiger partial charge in [0.05, 0.1) is 12.7 Å². The summed E-state index contributed by atoms with van der Waals surface area (Å²) >= 11 is 0. The fourth-order valence-electron chi connectivity index (χ4n) is 4.25. The van der Waals surface area contributed by atoms with Crippen LogP contribution in [-0.4, -0.2) is 30.8 Å². The number of hydrogen-bond donors (Lipinski definition) is 0. The van der Waals surface area contributed by atoms with Crippen molar-refractivity contribution in [2.45, 2.75) is 39.5 Å². The average molecular weight is 399 g/mol. The monoisotopic (exact) mass is 399 g/mol. The zero-order valence-electron chi connectivity index (χ0n) is 17.3. The van der Waals surface area contributed by atoms with Gasteiger partial charge in [0.2, 0.25) is 0 Å². The third-order valence-corrected chi connectivity index (χ3v) is 5.78. The molecule has 6 heteroatoms. The van der Waals surface area contributed by atoms with Crippen LogP contribution in [0.15, 0.2) is 65.6 Å². The Balaban J connectivity index is 1.47. The van der Waals surface area contributed by atoms with Gasteiger partial charge in [-0.25, -0.2) is 9.67 Å². The predicted octanol–water partition coefficient (Wildman–Crippen LogP) is 3.86. The molecule has 0 aliphatic carbocycles. The van der Waals surface area contributed by atoms with Gasteiger partial charge in [-0.05, 0) is 30.5 Å². The van der Waals surface area contributed by atoms with E-state index in [1.165, 1.54) is 16.7 Å². The summed E-state index contributed by atoms with van der Waals surface area (Å²) in [6.45, 7) is 7.05. The highest BCUT2D eigenvalue weighted by molar-refractivity contribution is 5.73. The predicted molar refractivity (Wildman–Crippen MR) is 118 cm³/mol.